The van der Waals surface area contributed by atoms with Gasteiger partial charge in [-0.3, -0.25) is 9.59 Å². The first kappa shape index (κ1) is 14.0. The van der Waals surface area contributed by atoms with Crippen LogP contribution in [0.3, 0.4) is 0 Å². The van der Waals surface area contributed by atoms with E-state index in [0.29, 0.717) is 12.3 Å². The van der Waals surface area contributed by atoms with Crippen LogP contribution in [-0.2, 0) is 9.59 Å². The lowest BCUT2D eigenvalue weighted by Crippen LogP contribution is -2.23. The van der Waals surface area contributed by atoms with Crippen LogP contribution in [0.5, 0.6) is 0 Å². The Morgan fingerprint density at radius 3 is 2.00 bits per heavy atom. The molecule has 0 unspecified atom stereocenters. The molecule has 0 atom stereocenters. The second-order valence-electron chi connectivity index (χ2n) is 5.02. The van der Waals surface area contributed by atoms with E-state index in [1.54, 1.807) is 0 Å². The number of hydrogen-bond donors (Lipinski definition) is 2. The molecule has 0 amide bonds. The molecule has 1 saturated carbocycles. The monoisotopic (exact) mass is 242 g/mol. The highest BCUT2D eigenvalue weighted by Crippen LogP contribution is 2.27. The van der Waals surface area contributed by atoms with Crippen LogP contribution in [0.4, 0.5) is 0 Å². The van der Waals surface area contributed by atoms with Crippen LogP contribution < -0.4 is 0 Å². The maximum Gasteiger partial charge on any atom is 0.317 e. The molecule has 0 aromatic heterocycles. The highest BCUT2D eigenvalue weighted by molar-refractivity contribution is 5.92. The maximum absolute atomic E-state index is 10.7. The molecule has 0 saturated heterocycles. The SMILES string of the molecule is O=C(O)C(CCCC1CCCCCC1)C(=O)O. The number of aliphatic carboxylic acids is 2. The number of carboxylic acid groups (broad SMARTS) is 2. The summed E-state index contributed by atoms with van der Waals surface area (Å²) in [7, 11) is 0. The molecule has 1 fully saturated rings. The van der Waals surface area contributed by atoms with Gasteiger partial charge in [0.2, 0.25) is 0 Å². The highest BCUT2D eigenvalue weighted by Gasteiger charge is 2.25. The lowest BCUT2D eigenvalue weighted by molar-refractivity contribution is -0.154. The molecule has 2 N–H and O–H groups in total. The average Bonchev–Trinajstić information content (AvgIpc) is 2.51. The Bertz CT molecular complexity index is 240. The van der Waals surface area contributed by atoms with Gasteiger partial charge in [-0.05, 0) is 12.3 Å². The smallest absolute Gasteiger partial charge is 0.317 e. The normalized spacial score (nSPS) is 17.9. The lowest BCUT2D eigenvalue weighted by atomic mass is 9.92. The van der Waals surface area contributed by atoms with Crippen LogP contribution in [0, 0.1) is 11.8 Å². The fraction of sp³-hybridized carbons (Fsp3) is 0.846. The molecule has 0 spiro atoms. The van der Waals surface area contributed by atoms with Gasteiger partial charge in [-0.25, -0.2) is 0 Å². The van der Waals surface area contributed by atoms with Crippen molar-refractivity contribution in [3.8, 4) is 0 Å². The van der Waals surface area contributed by atoms with E-state index >= 15 is 0 Å². The van der Waals surface area contributed by atoms with Crippen LogP contribution in [0.2, 0.25) is 0 Å². The third kappa shape index (κ3) is 5.20. The molecule has 0 heterocycles. The predicted molar refractivity (Wildman–Crippen MR) is 63.8 cm³/mol. The number of carbonyl (C=O) groups is 2. The maximum atomic E-state index is 10.7. The van der Waals surface area contributed by atoms with E-state index in [0.717, 1.165) is 6.42 Å². The fourth-order valence-corrected chi connectivity index (χ4v) is 2.62. The van der Waals surface area contributed by atoms with E-state index in [1.807, 2.05) is 0 Å². The van der Waals surface area contributed by atoms with Gasteiger partial charge in [0.15, 0.2) is 5.92 Å². The summed E-state index contributed by atoms with van der Waals surface area (Å²) in [6.45, 7) is 0. The van der Waals surface area contributed by atoms with Crippen LogP contribution >= 0.6 is 0 Å². The zero-order chi connectivity index (χ0) is 12.7. The Hall–Kier alpha value is -1.06. The van der Waals surface area contributed by atoms with Crippen molar-refractivity contribution < 1.29 is 19.8 Å². The van der Waals surface area contributed by atoms with Crippen molar-refractivity contribution in [2.24, 2.45) is 11.8 Å². The first-order valence-corrected chi connectivity index (χ1v) is 6.57. The molecular weight excluding hydrogens is 220 g/mol. The van der Waals surface area contributed by atoms with E-state index < -0.39 is 17.9 Å². The van der Waals surface area contributed by atoms with E-state index in [2.05, 4.69) is 0 Å². The minimum atomic E-state index is -1.22. The van der Waals surface area contributed by atoms with E-state index in [9.17, 15) is 9.59 Å². The molecule has 1 aliphatic rings. The summed E-state index contributed by atoms with van der Waals surface area (Å²) in [5.74, 6) is -2.96. The van der Waals surface area contributed by atoms with E-state index in [1.165, 1.54) is 38.5 Å². The van der Waals surface area contributed by atoms with E-state index in [4.69, 9.17) is 10.2 Å². The highest BCUT2D eigenvalue weighted by atomic mass is 16.4. The van der Waals surface area contributed by atoms with Crippen molar-refractivity contribution in [3.63, 3.8) is 0 Å². The summed E-state index contributed by atoms with van der Waals surface area (Å²) >= 11 is 0. The van der Waals surface area contributed by atoms with Crippen LogP contribution in [-0.4, -0.2) is 22.2 Å². The summed E-state index contributed by atoms with van der Waals surface area (Å²) in [5.41, 5.74) is 0. The molecule has 4 heteroatoms. The van der Waals surface area contributed by atoms with Crippen molar-refractivity contribution in [2.45, 2.75) is 57.8 Å². The zero-order valence-electron chi connectivity index (χ0n) is 10.2. The summed E-state index contributed by atoms with van der Waals surface area (Å²) < 4.78 is 0. The Labute approximate surface area is 102 Å². The van der Waals surface area contributed by atoms with Gasteiger partial charge in [0, 0.05) is 0 Å². The zero-order valence-corrected chi connectivity index (χ0v) is 10.2. The molecule has 1 aliphatic carbocycles. The minimum Gasteiger partial charge on any atom is -0.481 e. The van der Waals surface area contributed by atoms with Crippen molar-refractivity contribution in [1.29, 1.82) is 0 Å². The number of hydrogen-bond acceptors (Lipinski definition) is 2. The van der Waals surface area contributed by atoms with Crippen LogP contribution in [0.25, 0.3) is 0 Å². The topological polar surface area (TPSA) is 74.6 Å². The van der Waals surface area contributed by atoms with Crippen molar-refractivity contribution >= 4 is 11.9 Å². The molecular formula is C13H22O4. The molecule has 0 aromatic rings. The Balaban J connectivity index is 2.25. The van der Waals surface area contributed by atoms with Gasteiger partial charge >= 0.3 is 11.9 Å². The Morgan fingerprint density at radius 1 is 1.00 bits per heavy atom. The fourth-order valence-electron chi connectivity index (χ4n) is 2.62. The van der Waals surface area contributed by atoms with Crippen molar-refractivity contribution in [1.82, 2.24) is 0 Å². The molecule has 1 rings (SSSR count). The van der Waals surface area contributed by atoms with Gasteiger partial charge in [0.25, 0.3) is 0 Å². The first-order valence-electron chi connectivity index (χ1n) is 6.57. The molecule has 0 aliphatic heterocycles. The standard InChI is InChI=1S/C13H22O4/c14-12(15)11(13(16)17)9-5-8-10-6-3-1-2-4-7-10/h10-11H,1-9H2,(H,14,15)(H,16,17). The quantitative estimate of drug-likeness (QED) is 0.554. The third-order valence-electron chi connectivity index (χ3n) is 3.68. The van der Waals surface area contributed by atoms with Gasteiger partial charge in [-0.1, -0.05) is 51.4 Å². The van der Waals surface area contributed by atoms with Gasteiger partial charge in [-0.2, -0.15) is 0 Å². The lowest BCUT2D eigenvalue weighted by Gasteiger charge is -2.14. The third-order valence-corrected chi connectivity index (χ3v) is 3.68. The predicted octanol–water partition coefficient (Wildman–Crippen LogP) is 2.91. The summed E-state index contributed by atoms with van der Waals surface area (Å²) in [6, 6.07) is 0. The minimum absolute atomic E-state index is 0.265. The molecule has 0 aromatic carbocycles. The van der Waals surface area contributed by atoms with E-state index in [-0.39, 0.29) is 6.42 Å². The van der Waals surface area contributed by atoms with Gasteiger partial charge in [0.1, 0.15) is 0 Å². The summed E-state index contributed by atoms with van der Waals surface area (Å²) in [4.78, 5) is 21.4. The number of rotatable bonds is 6. The van der Waals surface area contributed by atoms with Gasteiger partial charge in [-0.15, -0.1) is 0 Å². The second-order valence-corrected chi connectivity index (χ2v) is 5.02. The second kappa shape index (κ2) is 7.30. The van der Waals surface area contributed by atoms with Gasteiger partial charge < -0.3 is 10.2 Å². The van der Waals surface area contributed by atoms with Gasteiger partial charge in [0.05, 0.1) is 0 Å². The largest absolute Gasteiger partial charge is 0.481 e. The summed E-state index contributed by atoms with van der Waals surface area (Å²) in [6.07, 6.45) is 9.58. The molecule has 98 valence electrons. The molecule has 0 bridgehead atoms. The number of carboxylic acids is 2. The first-order chi connectivity index (χ1) is 8.11. The average molecular weight is 242 g/mol. The Kier molecular flexibility index (Phi) is 6.01. The molecule has 17 heavy (non-hydrogen) atoms. The van der Waals surface area contributed by atoms with Crippen LogP contribution in [0.15, 0.2) is 0 Å². The summed E-state index contributed by atoms with van der Waals surface area (Å²) in [5, 5.41) is 17.5. The Morgan fingerprint density at radius 2 is 1.53 bits per heavy atom. The van der Waals surface area contributed by atoms with Crippen molar-refractivity contribution in [2.75, 3.05) is 0 Å². The molecule has 4 nitrogen and oxygen atoms in total. The van der Waals surface area contributed by atoms with Crippen molar-refractivity contribution in [3.05, 3.63) is 0 Å². The molecule has 0 radical (unpaired) electrons. The van der Waals surface area contributed by atoms with Crippen LogP contribution in [0.1, 0.15) is 57.8 Å².